The molecule has 0 unspecified atom stereocenters. The summed E-state index contributed by atoms with van der Waals surface area (Å²) in [7, 11) is 0. The third kappa shape index (κ3) is 4.45. The predicted molar refractivity (Wildman–Crippen MR) is 120 cm³/mol. The lowest BCUT2D eigenvalue weighted by molar-refractivity contribution is 0.0240. The van der Waals surface area contributed by atoms with E-state index in [-0.39, 0.29) is 11.9 Å². The molecule has 3 aromatic rings. The normalized spacial score (nSPS) is 14.7. The van der Waals surface area contributed by atoms with Gasteiger partial charge in [0.05, 0.1) is 5.52 Å². The second kappa shape index (κ2) is 8.13. The molecule has 1 aliphatic heterocycles. The Morgan fingerprint density at radius 3 is 2.42 bits per heavy atom. The maximum atomic E-state index is 14.3. The van der Waals surface area contributed by atoms with Crippen LogP contribution >= 0.6 is 0 Å². The van der Waals surface area contributed by atoms with Crippen molar-refractivity contribution in [2.75, 3.05) is 31.1 Å². The largest absolute Gasteiger partial charge is 0.444 e. The standard InChI is InChI=1S/C24H27FN4O2/c1-16-13-19-21(14-18(16)17-7-5-6-8-20(17)25)26-15-27-22(19)28-9-11-29(12-10-28)23(30)31-24(2,3)4/h5-8,13-15H,9-12H2,1-4H3. The summed E-state index contributed by atoms with van der Waals surface area (Å²) in [6.45, 7) is 10.0. The van der Waals surface area contributed by atoms with E-state index in [0.717, 1.165) is 27.8 Å². The molecule has 2 aromatic carbocycles. The van der Waals surface area contributed by atoms with Crippen molar-refractivity contribution in [3.05, 3.63) is 54.1 Å². The summed E-state index contributed by atoms with van der Waals surface area (Å²) in [5, 5.41) is 0.922. The Hall–Kier alpha value is -3.22. The van der Waals surface area contributed by atoms with Crippen molar-refractivity contribution in [2.24, 2.45) is 0 Å². The highest BCUT2D eigenvalue weighted by Crippen LogP contribution is 2.32. The van der Waals surface area contributed by atoms with E-state index in [0.29, 0.717) is 31.7 Å². The van der Waals surface area contributed by atoms with Crippen LogP contribution in [0.25, 0.3) is 22.0 Å². The number of fused-ring (bicyclic) bond motifs is 1. The molecule has 4 rings (SSSR count). The van der Waals surface area contributed by atoms with Gasteiger partial charge in [-0.2, -0.15) is 0 Å². The van der Waals surface area contributed by atoms with Gasteiger partial charge in [0.1, 0.15) is 23.6 Å². The zero-order chi connectivity index (χ0) is 22.2. The molecule has 0 N–H and O–H groups in total. The second-order valence-corrected chi connectivity index (χ2v) is 8.82. The number of anilines is 1. The average Bonchev–Trinajstić information content (AvgIpc) is 2.72. The van der Waals surface area contributed by atoms with Gasteiger partial charge in [0.2, 0.25) is 0 Å². The van der Waals surface area contributed by atoms with Crippen LogP contribution in [0.1, 0.15) is 26.3 Å². The summed E-state index contributed by atoms with van der Waals surface area (Å²) < 4.78 is 19.8. The summed E-state index contributed by atoms with van der Waals surface area (Å²) in [4.78, 5) is 25.2. The number of aromatic nitrogens is 2. The minimum atomic E-state index is -0.509. The molecule has 0 bridgehead atoms. The summed E-state index contributed by atoms with van der Waals surface area (Å²) in [5.74, 6) is 0.578. The maximum Gasteiger partial charge on any atom is 0.410 e. The molecular weight excluding hydrogens is 395 g/mol. The number of aryl methyl sites for hydroxylation is 1. The number of hydrogen-bond acceptors (Lipinski definition) is 5. The lowest BCUT2D eigenvalue weighted by atomic mass is 9.98. The molecule has 0 radical (unpaired) electrons. The van der Waals surface area contributed by atoms with Gasteiger partial charge in [-0.15, -0.1) is 0 Å². The Bertz CT molecular complexity index is 1120. The average molecular weight is 423 g/mol. The fraction of sp³-hybridized carbons (Fsp3) is 0.375. The summed E-state index contributed by atoms with van der Waals surface area (Å²) >= 11 is 0. The third-order valence-electron chi connectivity index (χ3n) is 5.36. The molecule has 1 saturated heterocycles. The van der Waals surface area contributed by atoms with Gasteiger partial charge in [0.25, 0.3) is 0 Å². The summed E-state index contributed by atoms with van der Waals surface area (Å²) in [6, 6.07) is 10.7. The van der Waals surface area contributed by atoms with Crippen molar-refractivity contribution >= 4 is 22.8 Å². The number of carbonyl (C=O) groups excluding carboxylic acids is 1. The molecule has 6 nitrogen and oxygen atoms in total. The van der Waals surface area contributed by atoms with Gasteiger partial charge in [-0.3, -0.25) is 0 Å². The number of hydrogen-bond donors (Lipinski definition) is 0. The highest BCUT2D eigenvalue weighted by molar-refractivity contribution is 5.93. The second-order valence-electron chi connectivity index (χ2n) is 8.82. The van der Waals surface area contributed by atoms with E-state index >= 15 is 0 Å². The Kier molecular flexibility index (Phi) is 5.52. The van der Waals surface area contributed by atoms with Crippen molar-refractivity contribution < 1.29 is 13.9 Å². The molecule has 31 heavy (non-hydrogen) atoms. The number of ether oxygens (including phenoxy) is 1. The van der Waals surface area contributed by atoms with Crippen molar-refractivity contribution in [2.45, 2.75) is 33.3 Å². The lowest BCUT2D eigenvalue weighted by Crippen LogP contribution is -2.50. The molecule has 0 saturated carbocycles. The van der Waals surface area contributed by atoms with E-state index in [2.05, 4.69) is 14.9 Å². The van der Waals surface area contributed by atoms with Gasteiger partial charge in [-0.25, -0.2) is 19.2 Å². The van der Waals surface area contributed by atoms with Gasteiger partial charge in [0, 0.05) is 37.1 Å². The first kappa shape index (κ1) is 21.0. The highest BCUT2D eigenvalue weighted by Gasteiger charge is 2.27. The first-order valence-electron chi connectivity index (χ1n) is 10.5. The van der Waals surface area contributed by atoms with Crippen molar-refractivity contribution in [1.82, 2.24) is 14.9 Å². The van der Waals surface area contributed by atoms with Crippen LogP contribution in [0, 0.1) is 12.7 Å². The molecule has 162 valence electrons. The van der Waals surface area contributed by atoms with E-state index in [1.165, 1.54) is 6.07 Å². The Morgan fingerprint density at radius 2 is 1.74 bits per heavy atom. The third-order valence-corrected chi connectivity index (χ3v) is 5.36. The number of piperazine rings is 1. The lowest BCUT2D eigenvalue weighted by Gasteiger charge is -2.36. The van der Waals surface area contributed by atoms with Crippen LogP contribution in [0.15, 0.2) is 42.7 Å². The fourth-order valence-electron chi connectivity index (χ4n) is 3.85. The summed E-state index contributed by atoms with van der Waals surface area (Å²) in [6.07, 6.45) is 1.25. The molecule has 1 amide bonds. The minimum Gasteiger partial charge on any atom is -0.444 e. The molecule has 1 aromatic heterocycles. The SMILES string of the molecule is Cc1cc2c(N3CCN(C(=O)OC(C)(C)C)CC3)ncnc2cc1-c1ccccc1F. The van der Waals surface area contributed by atoms with Gasteiger partial charge < -0.3 is 14.5 Å². The number of carbonyl (C=O) groups is 1. The van der Waals surface area contributed by atoms with E-state index in [4.69, 9.17) is 4.74 Å². The van der Waals surface area contributed by atoms with Crippen LogP contribution in [0.4, 0.5) is 15.0 Å². The van der Waals surface area contributed by atoms with Crippen LogP contribution in [0.3, 0.4) is 0 Å². The summed E-state index contributed by atoms with van der Waals surface area (Å²) in [5.41, 5.74) is 2.60. The van der Waals surface area contributed by atoms with E-state index in [9.17, 15) is 9.18 Å². The van der Waals surface area contributed by atoms with Crippen LogP contribution in [-0.4, -0.2) is 52.7 Å². The van der Waals surface area contributed by atoms with E-state index in [1.54, 1.807) is 23.4 Å². The molecule has 2 heterocycles. The number of rotatable bonds is 2. The molecule has 1 aliphatic rings. The minimum absolute atomic E-state index is 0.252. The molecule has 0 spiro atoms. The molecule has 1 fully saturated rings. The van der Waals surface area contributed by atoms with Crippen LogP contribution < -0.4 is 4.90 Å². The fourth-order valence-corrected chi connectivity index (χ4v) is 3.85. The van der Waals surface area contributed by atoms with Gasteiger partial charge in [-0.1, -0.05) is 18.2 Å². The van der Waals surface area contributed by atoms with Gasteiger partial charge in [0.15, 0.2) is 0 Å². The smallest absolute Gasteiger partial charge is 0.410 e. The monoisotopic (exact) mass is 422 g/mol. The van der Waals surface area contributed by atoms with Crippen LogP contribution in [0.5, 0.6) is 0 Å². The van der Waals surface area contributed by atoms with Crippen molar-refractivity contribution in [3.63, 3.8) is 0 Å². The zero-order valence-electron chi connectivity index (χ0n) is 18.4. The van der Waals surface area contributed by atoms with E-state index in [1.807, 2.05) is 45.9 Å². The predicted octanol–water partition coefficient (Wildman–Crippen LogP) is 4.80. The first-order valence-corrected chi connectivity index (χ1v) is 10.5. The van der Waals surface area contributed by atoms with Gasteiger partial charge >= 0.3 is 6.09 Å². The van der Waals surface area contributed by atoms with Crippen molar-refractivity contribution in [1.29, 1.82) is 0 Å². The number of amides is 1. The first-order chi connectivity index (χ1) is 14.7. The molecule has 0 aliphatic carbocycles. The molecular formula is C24H27FN4O2. The van der Waals surface area contributed by atoms with Crippen molar-refractivity contribution in [3.8, 4) is 11.1 Å². The molecule has 7 heteroatoms. The number of benzene rings is 2. The Morgan fingerprint density at radius 1 is 1.03 bits per heavy atom. The zero-order valence-corrected chi connectivity index (χ0v) is 18.4. The highest BCUT2D eigenvalue weighted by atomic mass is 19.1. The Labute approximate surface area is 181 Å². The number of halogens is 1. The molecule has 0 atom stereocenters. The van der Waals surface area contributed by atoms with E-state index < -0.39 is 5.60 Å². The van der Waals surface area contributed by atoms with Gasteiger partial charge in [-0.05, 0) is 57.0 Å². The number of nitrogens with zero attached hydrogens (tertiary/aromatic N) is 4. The topological polar surface area (TPSA) is 58.6 Å². The maximum absolute atomic E-state index is 14.3. The van der Waals surface area contributed by atoms with Crippen LogP contribution in [0.2, 0.25) is 0 Å². The Balaban J connectivity index is 1.59. The van der Waals surface area contributed by atoms with Crippen LogP contribution in [-0.2, 0) is 4.74 Å². The quantitative estimate of drug-likeness (QED) is 0.594.